The molecule has 0 aliphatic heterocycles. The van der Waals surface area contributed by atoms with Crippen LogP contribution in [0.1, 0.15) is 32.0 Å². The summed E-state index contributed by atoms with van der Waals surface area (Å²) in [5.74, 6) is 1.13. The Morgan fingerprint density at radius 3 is 2.76 bits per heavy atom. The third-order valence-corrected chi connectivity index (χ3v) is 5.13. The molecule has 0 radical (unpaired) electrons. The van der Waals surface area contributed by atoms with Crippen molar-refractivity contribution in [2.45, 2.75) is 39.7 Å². The Hall–Kier alpha value is -2.67. The van der Waals surface area contributed by atoms with Gasteiger partial charge < -0.3 is 9.47 Å². The highest BCUT2D eigenvalue weighted by Crippen LogP contribution is 2.35. The summed E-state index contributed by atoms with van der Waals surface area (Å²) >= 11 is 3.41. The number of hydrogen-bond acceptors (Lipinski definition) is 5. The van der Waals surface area contributed by atoms with E-state index in [9.17, 15) is 9.59 Å². The first-order valence-corrected chi connectivity index (χ1v) is 10.4. The van der Waals surface area contributed by atoms with E-state index >= 15 is 0 Å². The molecule has 152 valence electrons. The SMILES string of the molecule is CCCCC(=O)Oc1c(Br)cccc1OCCn1c(C)nc2ccccc2c1=O. The van der Waals surface area contributed by atoms with Crippen LogP contribution >= 0.6 is 15.9 Å². The maximum atomic E-state index is 12.7. The van der Waals surface area contributed by atoms with Gasteiger partial charge in [0.25, 0.3) is 5.56 Å². The van der Waals surface area contributed by atoms with Crippen LogP contribution in [0.4, 0.5) is 0 Å². The molecular formula is C22H23BrN2O4. The number of rotatable bonds is 8. The Balaban J connectivity index is 1.74. The molecule has 0 atom stereocenters. The summed E-state index contributed by atoms with van der Waals surface area (Å²) in [6.45, 7) is 4.38. The summed E-state index contributed by atoms with van der Waals surface area (Å²) in [7, 11) is 0. The zero-order chi connectivity index (χ0) is 20.8. The molecule has 3 rings (SSSR count). The number of ether oxygens (including phenoxy) is 2. The van der Waals surface area contributed by atoms with Crippen LogP contribution in [0, 0.1) is 6.92 Å². The third kappa shape index (κ3) is 5.03. The number of carbonyl (C=O) groups is 1. The van der Waals surface area contributed by atoms with Gasteiger partial charge in [0.15, 0.2) is 11.5 Å². The predicted octanol–water partition coefficient (Wildman–Crippen LogP) is 4.64. The number of unbranched alkanes of at least 4 members (excludes halogenated alkanes) is 1. The molecule has 0 spiro atoms. The van der Waals surface area contributed by atoms with Crippen LogP contribution in [-0.2, 0) is 11.3 Å². The van der Waals surface area contributed by atoms with E-state index in [0.29, 0.717) is 45.7 Å². The van der Waals surface area contributed by atoms with Crippen molar-refractivity contribution in [3.05, 3.63) is 63.1 Å². The molecule has 0 N–H and O–H groups in total. The summed E-state index contributed by atoms with van der Waals surface area (Å²) in [4.78, 5) is 29.3. The molecule has 29 heavy (non-hydrogen) atoms. The normalized spacial score (nSPS) is 10.9. The highest BCUT2D eigenvalue weighted by Gasteiger charge is 2.14. The molecule has 0 saturated heterocycles. The topological polar surface area (TPSA) is 70.4 Å². The van der Waals surface area contributed by atoms with Crippen LogP contribution in [0.2, 0.25) is 0 Å². The smallest absolute Gasteiger partial charge is 0.311 e. The van der Waals surface area contributed by atoms with Gasteiger partial charge in [-0.1, -0.05) is 31.5 Å². The summed E-state index contributed by atoms with van der Waals surface area (Å²) in [5, 5.41) is 0.575. The van der Waals surface area contributed by atoms with Crippen molar-refractivity contribution < 1.29 is 14.3 Å². The van der Waals surface area contributed by atoms with Gasteiger partial charge in [0.2, 0.25) is 0 Å². The van der Waals surface area contributed by atoms with E-state index in [1.54, 1.807) is 35.8 Å². The van der Waals surface area contributed by atoms with Crippen LogP contribution in [0.25, 0.3) is 10.9 Å². The van der Waals surface area contributed by atoms with Gasteiger partial charge in [-0.3, -0.25) is 14.2 Å². The first kappa shape index (κ1) is 21.0. The van der Waals surface area contributed by atoms with Gasteiger partial charge in [-0.05, 0) is 53.5 Å². The fourth-order valence-electron chi connectivity index (χ4n) is 2.98. The molecule has 1 aromatic heterocycles. The van der Waals surface area contributed by atoms with Crippen molar-refractivity contribution in [3.63, 3.8) is 0 Å². The summed E-state index contributed by atoms with van der Waals surface area (Å²) in [6.07, 6.45) is 2.05. The third-order valence-electron chi connectivity index (χ3n) is 4.51. The number of halogens is 1. The number of hydrogen-bond donors (Lipinski definition) is 0. The lowest BCUT2D eigenvalue weighted by Crippen LogP contribution is -2.26. The number of fused-ring (bicyclic) bond motifs is 1. The van der Waals surface area contributed by atoms with Crippen molar-refractivity contribution in [1.82, 2.24) is 9.55 Å². The molecule has 7 heteroatoms. The molecule has 0 aliphatic carbocycles. The summed E-state index contributed by atoms with van der Waals surface area (Å²) < 4.78 is 13.6. The number of para-hydroxylation sites is 2. The minimum atomic E-state index is -0.297. The van der Waals surface area contributed by atoms with Gasteiger partial charge in [-0.25, -0.2) is 4.98 Å². The van der Waals surface area contributed by atoms with E-state index in [1.165, 1.54) is 0 Å². The molecule has 0 amide bonds. The van der Waals surface area contributed by atoms with E-state index in [4.69, 9.17) is 9.47 Å². The largest absolute Gasteiger partial charge is 0.488 e. The van der Waals surface area contributed by atoms with Crippen molar-refractivity contribution in [1.29, 1.82) is 0 Å². The van der Waals surface area contributed by atoms with Crippen LogP contribution in [0.3, 0.4) is 0 Å². The molecule has 0 aliphatic rings. The van der Waals surface area contributed by atoms with Crippen LogP contribution in [0.15, 0.2) is 51.7 Å². The maximum absolute atomic E-state index is 12.7. The Morgan fingerprint density at radius 2 is 1.97 bits per heavy atom. The molecule has 1 heterocycles. The number of nitrogens with zero attached hydrogens (tertiary/aromatic N) is 2. The van der Waals surface area contributed by atoms with E-state index in [2.05, 4.69) is 20.9 Å². The lowest BCUT2D eigenvalue weighted by atomic mass is 10.2. The molecular weight excluding hydrogens is 436 g/mol. The molecule has 2 aromatic carbocycles. The van der Waals surface area contributed by atoms with Crippen LogP contribution in [0.5, 0.6) is 11.5 Å². The van der Waals surface area contributed by atoms with Crippen molar-refractivity contribution in [2.75, 3.05) is 6.61 Å². The highest BCUT2D eigenvalue weighted by atomic mass is 79.9. The second kappa shape index (κ2) is 9.69. The quantitative estimate of drug-likeness (QED) is 0.363. The van der Waals surface area contributed by atoms with Crippen LogP contribution < -0.4 is 15.0 Å². The molecule has 0 fully saturated rings. The van der Waals surface area contributed by atoms with Gasteiger partial charge in [0, 0.05) is 6.42 Å². The van der Waals surface area contributed by atoms with Gasteiger partial charge in [0.05, 0.1) is 21.9 Å². The second-order valence-corrected chi connectivity index (χ2v) is 7.48. The Kier molecular flexibility index (Phi) is 7.04. The second-order valence-electron chi connectivity index (χ2n) is 6.63. The van der Waals surface area contributed by atoms with E-state index in [0.717, 1.165) is 12.8 Å². The van der Waals surface area contributed by atoms with E-state index in [1.807, 2.05) is 25.1 Å². The van der Waals surface area contributed by atoms with Crippen molar-refractivity contribution >= 4 is 32.8 Å². The van der Waals surface area contributed by atoms with Gasteiger partial charge in [0.1, 0.15) is 12.4 Å². The Bertz CT molecular complexity index is 1080. The zero-order valence-corrected chi connectivity index (χ0v) is 18.1. The fraction of sp³-hybridized carbons (Fsp3) is 0.318. The Morgan fingerprint density at radius 1 is 1.17 bits per heavy atom. The minimum absolute atomic E-state index is 0.0999. The minimum Gasteiger partial charge on any atom is -0.488 e. The van der Waals surface area contributed by atoms with E-state index in [-0.39, 0.29) is 18.1 Å². The first-order chi connectivity index (χ1) is 14.0. The monoisotopic (exact) mass is 458 g/mol. The van der Waals surface area contributed by atoms with E-state index < -0.39 is 0 Å². The van der Waals surface area contributed by atoms with Gasteiger partial charge >= 0.3 is 5.97 Å². The average Bonchev–Trinajstić information content (AvgIpc) is 2.71. The maximum Gasteiger partial charge on any atom is 0.311 e. The fourth-order valence-corrected chi connectivity index (χ4v) is 3.41. The summed E-state index contributed by atoms with van der Waals surface area (Å²) in [5.41, 5.74) is 0.581. The number of aromatic nitrogens is 2. The number of benzene rings is 2. The Labute approximate surface area is 177 Å². The molecule has 0 saturated carbocycles. The van der Waals surface area contributed by atoms with Crippen molar-refractivity contribution in [3.8, 4) is 11.5 Å². The molecule has 0 unspecified atom stereocenters. The van der Waals surface area contributed by atoms with Crippen LogP contribution in [-0.4, -0.2) is 22.1 Å². The molecule has 3 aromatic rings. The predicted molar refractivity (Wildman–Crippen MR) is 116 cm³/mol. The summed E-state index contributed by atoms with van der Waals surface area (Å²) in [6, 6.07) is 12.6. The van der Waals surface area contributed by atoms with Gasteiger partial charge in [-0.2, -0.15) is 0 Å². The lowest BCUT2D eigenvalue weighted by Gasteiger charge is -2.15. The number of aryl methyl sites for hydroxylation is 1. The molecule has 0 bridgehead atoms. The zero-order valence-electron chi connectivity index (χ0n) is 16.5. The van der Waals surface area contributed by atoms with Gasteiger partial charge in [-0.15, -0.1) is 0 Å². The lowest BCUT2D eigenvalue weighted by molar-refractivity contribution is -0.134. The number of esters is 1. The first-order valence-electron chi connectivity index (χ1n) is 9.59. The molecule has 6 nitrogen and oxygen atoms in total. The standard InChI is InChI=1S/C22H23BrN2O4/c1-3-4-12-20(26)29-21-17(23)9-7-11-19(21)28-14-13-25-15(2)24-18-10-6-5-8-16(18)22(25)27/h5-11H,3-4,12-14H2,1-2H3. The number of carbonyl (C=O) groups excluding carboxylic acids is 1. The highest BCUT2D eigenvalue weighted by molar-refractivity contribution is 9.10. The average molecular weight is 459 g/mol. The van der Waals surface area contributed by atoms with Crippen molar-refractivity contribution in [2.24, 2.45) is 0 Å².